The van der Waals surface area contributed by atoms with Gasteiger partial charge in [0.05, 0.1) is 6.61 Å². The van der Waals surface area contributed by atoms with Crippen LogP contribution in [0.4, 0.5) is 0 Å². The summed E-state index contributed by atoms with van der Waals surface area (Å²) in [4.78, 5) is 0. The zero-order chi connectivity index (χ0) is 9.19. The molecule has 12 heavy (non-hydrogen) atoms. The maximum Gasteiger partial charge on any atom is 0.228 e. The number of aliphatic hydroxyl groups is 1. The van der Waals surface area contributed by atoms with Crippen molar-refractivity contribution >= 4 is 21.6 Å². The van der Waals surface area contributed by atoms with Crippen LogP contribution in [0.15, 0.2) is 0 Å². The Morgan fingerprint density at radius 1 is 1.50 bits per heavy atom. The van der Waals surface area contributed by atoms with E-state index in [1.54, 1.807) is 0 Å². The average Bonchev–Trinajstić information content (AvgIpc) is 2.83. The Morgan fingerprint density at radius 2 is 2.08 bits per heavy atom. The number of alkyl halides is 1. The highest BCUT2D eigenvalue weighted by atomic mass is 35.5. The van der Waals surface area contributed by atoms with Crippen molar-refractivity contribution in [3.63, 3.8) is 0 Å². The van der Waals surface area contributed by atoms with Gasteiger partial charge in [-0.15, -0.1) is 11.6 Å². The molecule has 0 radical (unpaired) electrons. The second-order valence-corrected chi connectivity index (χ2v) is 5.29. The van der Waals surface area contributed by atoms with Crippen LogP contribution in [0.2, 0.25) is 0 Å². The summed E-state index contributed by atoms with van der Waals surface area (Å²) in [5, 5.41) is 8.22. The lowest BCUT2D eigenvalue weighted by Gasteiger charge is -2.18. The van der Waals surface area contributed by atoms with Crippen molar-refractivity contribution in [2.24, 2.45) is 0 Å². The van der Waals surface area contributed by atoms with E-state index in [9.17, 15) is 8.42 Å². The molecule has 0 unspecified atom stereocenters. The van der Waals surface area contributed by atoms with E-state index < -0.39 is 15.2 Å². The minimum Gasteiger partial charge on any atom is -0.395 e. The Morgan fingerprint density at radius 3 is 2.42 bits per heavy atom. The fourth-order valence-corrected chi connectivity index (χ4v) is 2.60. The van der Waals surface area contributed by atoms with Crippen molar-refractivity contribution in [3.8, 4) is 0 Å². The summed E-state index contributed by atoms with van der Waals surface area (Å²) < 4.78 is 23.8. The summed E-state index contributed by atoms with van der Waals surface area (Å²) in [5.74, 6) is 0. The lowest BCUT2D eigenvalue weighted by atomic mass is 10.6. The summed E-state index contributed by atoms with van der Waals surface area (Å²) in [6, 6.07) is 0.0842. The number of hydrogen-bond donors (Lipinski definition) is 1. The number of sulfonamides is 1. The summed E-state index contributed by atoms with van der Waals surface area (Å²) >= 11 is 5.28. The Balaban J connectivity index is 2.64. The van der Waals surface area contributed by atoms with Gasteiger partial charge < -0.3 is 5.11 Å². The van der Waals surface area contributed by atoms with E-state index in [2.05, 4.69) is 0 Å². The lowest BCUT2D eigenvalue weighted by Crippen LogP contribution is -2.36. The molecule has 1 aliphatic carbocycles. The third-order valence-electron chi connectivity index (χ3n) is 1.77. The van der Waals surface area contributed by atoms with Crippen LogP contribution in [0.25, 0.3) is 0 Å². The molecule has 0 amide bonds. The van der Waals surface area contributed by atoms with Crippen molar-refractivity contribution in [3.05, 3.63) is 0 Å². The number of aliphatic hydroxyl groups excluding tert-OH is 1. The molecular weight excluding hydrogens is 202 g/mol. The van der Waals surface area contributed by atoms with E-state index in [1.165, 1.54) is 4.31 Å². The number of halogens is 1. The van der Waals surface area contributed by atoms with Crippen molar-refractivity contribution in [2.75, 3.05) is 18.4 Å². The second kappa shape index (κ2) is 3.91. The Labute approximate surface area is 77.2 Å². The van der Waals surface area contributed by atoms with Gasteiger partial charge in [0.2, 0.25) is 10.0 Å². The van der Waals surface area contributed by atoms with Crippen LogP contribution in [-0.2, 0) is 10.0 Å². The van der Waals surface area contributed by atoms with Gasteiger partial charge in [0, 0.05) is 12.6 Å². The van der Waals surface area contributed by atoms with Crippen molar-refractivity contribution < 1.29 is 13.5 Å². The van der Waals surface area contributed by atoms with Gasteiger partial charge in [-0.05, 0) is 12.8 Å². The van der Waals surface area contributed by atoms with Gasteiger partial charge in [-0.1, -0.05) is 0 Å². The van der Waals surface area contributed by atoms with Crippen molar-refractivity contribution in [1.29, 1.82) is 0 Å². The first-order valence-electron chi connectivity index (χ1n) is 3.78. The van der Waals surface area contributed by atoms with E-state index >= 15 is 0 Å². The van der Waals surface area contributed by atoms with Crippen LogP contribution in [0.1, 0.15) is 12.8 Å². The Bertz CT molecular complexity index is 237. The molecule has 0 atom stereocenters. The smallest absolute Gasteiger partial charge is 0.228 e. The zero-order valence-electron chi connectivity index (χ0n) is 6.61. The normalized spacial score (nSPS) is 18.6. The zero-order valence-corrected chi connectivity index (χ0v) is 8.18. The minimum atomic E-state index is -3.32. The van der Waals surface area contributed by atoms with Crippen molar-refractivity contribution in [1.82, 2.24) is 4.31 Å². The maximum atomic E-state index is 11.3. The topological polar surface area (TPSA) is 57.6 Å². The molecule has 0 bridgehead atoms. The molecule has 1 N–H and O–H groups in total. The average molecular weight is 214 g/mol. The molecule has 0 aromatic rings. The summed E-state index contributed by atoms with van der Waals surface area (Å²) in [6.45, 7) is 0.0202. The minimum absolute atomic E-state index is 0.0842. The molecule has 0 aliphatic heterocycles. The van der Waals surface area contributed by atoms with Crippen LogP contribution in [0, 0.1) is 0 Å². The van der Waals surface area contributed by atoms with Gasteiger partial charge in [-0.2, -0.15) is 4.31 Å². The fraction of sp³-hybridized carbons (Fsp3) is 1.00. The van der Waals surface area contributed by atoms with E-state index in [1.807, 2.05) is 0 Å². The molecule has 0 saturated heterocycles. The standard InChI is InChI=1S/C6H12ClNO3S/c7-5-12(10,11)8(3-4-9)6-1-2-6/h6,9H,1-5H2. The summed E-state index contributed by atoms with van der Waals surface area (Å²) in [6.07, 6.45) is 1.77. The SMILES string of the molecule is O=S(=O)(CCl)N(CCO)C1CC1. The predicted molar refractivity (Wildman–Crippen MR) is 46.5 cm³/mol. The van der Waals surface area contributed by atoms with Gasteiger partial charge >= 0.3 is 0 Å². The van der Waals surface area contributed by atoms with Gasteiger partial charge in [0.1, 0.15) is 5.21 Å². The Kier molecular flexibility index (Phi) is 3.34. The number of rotatable bonds is 5. The van der Waals surface area contributed by atoms with Crippen LogP contribution < -0.4 is 0 Å². The van der Waals surface area contributed by atoms with Crippen LogP contribution >= 0.6 is 11.6 Å². The van der Waals surface area contributed by atoms with E-state index in [0.717, 1.165) is 12.8 Å². The molecule has 1 aliphatic rings. The molecule has 1 saturated carbocycles. The first-order valence-corrected chi connectivity index (χ1v) is 5.92. The molecule has 1 fully saturated rings. The van der Waals surface area contributed by atoms with E-state index in [-0.39, 0.29) is 19.2 Å². The Hall–Kier alpha value is 0.160. The molecule has 72 valence electrons. The largest absolute Gasteiger partial charge is 0.395 e. The highest BCUT2D eigenvalue weighted by Crippen LogP contribution is 2.29. The molecule has 0 heterocycles. The quantitative estimate of drug-likeness (QED) is 0.653. The van der Waals surface area contributed by atoms with E-state index in [4.69, 9.17) is 16.7 Å². The molecule has 0 spiro atoms. The summed E-state index contributed by atoms with van der Waals surface area (Å²) in [5.41, 5.74) is 0. The van der Waals surface area contributed by atoms with E-state index in [0.29, 0.717) is 0 Å². The third-order valence-corrected chi connectivity index (χ3v) is 4.07. The van der Waals surface area contributed by atoms with Gasteiger partial charge in [-0.3, -0.25) is 0 Å². The first-order chi connectivity index (χ1) is 5.61. The van der Waals surface area contributed by atoms with Crippen LogP contribution in [0.3, 0.4) is 0 Å². The monoisotopic (exact) mass is 213 g/mol. The molecule has 0 aromatic carbocycles. The summed E-state index contributed by atoms with van der Waals surface area (Å²) in [7, 11) is -3.32. The fourth-order valence-electron chi connectivity index (χ4n) is 1.07. The van der Waals surface area contributed by atoms with Gasteiger partial charge in [0.25, 0.3) is 0 Å². The molecule has 0 aromatic heterocycles. The molecule has 1 rings (SSSR count). The lowest BCUT2D eigenvalue weighted by molar-refractivity contribution is 0.251. The van der Waals surface area contributed by atoms with Gasteiger partial charge in [-0.25, -0.2) is 8.42 Å². The maximum absolute atomic E-state index is 11.3. The predicted octanol–water partition coefficient (Wildman–Crippen LogP) is -0.0308. The molecular formula is C6H12ClNO3S. The van der Waals surface area contributed by atoms with Crippen LogP contribution in [-0.4, -0.2) is 42.2 Å². The first kappa shape index (κ1) is 10.2. The van der Waals surface area contributed by atoms with Gasteiger partial charge in [0.15, 0.2) is 0 Å². The number of hydrogen-bond acceptors (Lipinski definition) is 3. The van der Waals surface area contributed by atoms with Crippen molar-refractivity contribution in [2.45, 2.75) is 18.9 Å². The molecule has 6 heteroatoms. The molecule has 4 nitrogen and oxygen atoms in total. The highest BCUT2D eigenvalue weighted by molar-refractivity contribution is 7.90. The van der Waals surface area contributed by atoms with Crippen LogP contribution in [0.5, 0.6) is 0 Å². The second-order valence-electron chi connectivity index (χ2n) is 2.79. The number of nitrogens with zero attached hydrogens (tertiary/aromatic N) is 1. The third kappa shape index (κ3) is 2.32. The highest BCUT2D eigenvalue weighted by Gasteiger charge is 2.35.